The Morgan fingerprint density at radius 2 is 1.75 bits per heavy atom. The lowest BCUT2D eigenvalue weighted by molar-refractivity contribution is -0.158. The fourth-order valence-electron chi connectivity index (χ4n) is 8.74. The number of fused-ring (bicyclic) bond motifs is 4. The molecule has 1 N–H and O–H groups in total. The number of ketones is 1. The largest absolute Gasteiger partial charge is 0.393 e. The van der Waals surface area contributed by atoms with Crippen molar-refractivity contribution < 1.29 is 9.90 Å². The van der Waals surface area contributed by atoms with E-state index >= 15 is 0 Å². The van der Waals surface area contributed by atoms with E-state index in [0.29, 0.717) is 17.1 Å². The van der Waals surface area contributed by atoms with Gasteiger partial charge in [-0.05, 0) is 106 Å². The first-order valence-electron chi connectivity index (χ1n) is 10.8. The summed E-state index contributed by atoms with van der Waals surface area (Å²) in [6, 6.07) is 0. The van der Waals surface area contributed by atoms with Crippen molar-refractivity contribution in [3.05, 3.63) is 0 Å². The van der Waals surface area contributed by atoms with E-state index in [0.717, 1.165) is 49.4 Å². The Hall–Kier alpha value is -0.370. The molecule has 5 saturated carbocycles. The molecule has 2 heteroatoms. The van der Waals surface area contributed by atoms with Gasteiger partial charge in [-0.15, -0.1) is 0 Å². The lowest BCUT2D eigenvalue weighted by atomic mass is 9.43. The molecule has 0 aromatic carbocycles. The van der Waals surface area contributed by atoms with Gasteiger partial charge >= 0.3 is 0 Å². The number of Topliss-reactive ketones (excluding diaryl/α,β-unsaturated/α-hetero) is 1. The first kappa shape index (κ1) is 15.9. The number of aliphatic hydroxyl groups is 1. The molecule has 0 heterocycles. The second-order valence-electron chi connectivity index (χ2n) is 10.3. The van der Waals surface area contributed by atoms with Crippen LogP contribution in [0.4, 0.5) is 0 Å². The smallest absolute Gasteiger partial charge is 0.139 e. The van der Waals surface area contributed by atoms with Gasteiger partial charge in [0.2, 0.25) is 0 Å². The van der Waals surface area contributed by atoms with Crippen LogP contribution in [0, 0.1) is 40.4 Å². The van der Waals surface area contributed by atoms with Gasteiger partial charge < -0.3 is 5.11 Å². The molecule has 0 amide bonds. The topological polar surface area (TPSA) is 37.3 Å². The molecule has 5 aliphatic rings. The second-order valence-corrected chi connectivity index (χ2v) is 10.3. The highest BCUT2D eigenvalue weighted by molar-refractivity contribution is 5.86. The fourth-order valence-corrected chi connectivity index (χ4v) is 8.74. The monoisotopic (exact) mass is 330 g/mol. The Bertz CT molecular complexity index is 542. The molecule has 0 aromatic rings. The second kappa shape index (κ2) is 5.32. The Labute approximate surface area is 146 Å². The highest BCUT2D eigenvalue weighted by Gasteiger charge is 2.64. The molecule has 1 spiro atoms. The molecule has 5 rings (SSSR count). The van der Waals surface area contributed by atoms with E-state index in [2.05, 4.69) is 6.92 Å². The van der Waals surface area contributed by atoms with Gasteiger partial charge in [0, 0.05) is 11.8 Å². The maximum absolute atomic E-state index is 13.1. The SMILES string of the molecule is C[C@]12CC[C@@H](O)C[C@H]1CC[C@H]1[C@@H]3CC[C@@H]4CCCC(=O)C43CC[C@@H]12. The highest BCUT2D eigenvalue weighted by atomic mass is 16.3. The Balaban J connectivity index is 1.48. The predicted molar refractivity (Wildman–Crippen MR) is 94.4 cm³/mol. The van der Waals surface area contributed by atoms with Crippen molar-refractivity contribution in [3.63, 3.8) is 0 Å². The van der Waals surface area contributed by atoms with E-state index in [-0.39, 0.29) is 11.5 Å². The van der Waals surface area contributed by atoms with E-state index in [4.69, 9.17) is 0 Å². The van der Waals surface area contributed by atoms with Crippen molar-refractivity contribution in [3.8, 4) is 0 Å². The minimum atomic E-state index is -0.0506. The Kier molecular flexibility index (Phi) is 3.51. The Morgan fingerprint density at radius 3 is 2.62 bits per heavy atom. The van der Waals surface area contributed by atoms with Crippen molar-refractivity contribution in [1.29, 1.82) is 0 Å². The molecule has 24 heavy (non-hydrogen) atoms. The van der Waals surface area contributed by atoms with Gasteiger partial charge in [0.05, 0.1) is 6.10 Å². The van der Waals surface area contributed by atoms with E-state index in [1.54, 1.807) is 0 Å². The van der Waals surface area contributed by atoms with E-state index < -0.39 is 0 Å². The summed E-state index contributed by atoms with van der Waals surface area (Å²) in [4.78, 5) is 13.1. The molecule has 8 atom stereocenters. The number of carbonyl (C=O) groups is 1. The Morgan fingerprint density at radius 1 is 0.917 bits per heavy atom. The predicted octanol–water partition coefficient (Wildman–Crippen LogP) is 4.74. The van der Waals surface area contributed by atoms with Crippen LogP contribution < -0.4 is 0 Å². The zero-order valence-electron chi connectivity index (χ0n) is 15.3. The molecule has 0 radical (unpaired) electrons. The molecule has 1 unspecified atom stereocenters. The molecule has 0 aromatic heterocycles. The minimum absolute atomic E-state index is 0.0506. The molecular weight excluding hydrogens is 296 g/mol. The minimum Gasteiger partial charge on any atom is -0.393 e. The van der Waals surface area contributed by atoms with Gasteiger partial charge in [0.15, 0.2) is 0 Å². The molecular formula is C22H34O2. The number of hydrogen-bond acceptors (Lipinski definition) is 2. The molecule has 5 fully saturated rings. The van der Waals surface area contributed by atoms with Crippen molar-refractivity contribution in [2.24, 2.45) is 40.4 Å². The van der Waals surface area contributed by atoms with Crippen molar-refractivity contribution >= 4 is 5.78 Å². The molecule has 0 bridgehead atoms. The standard InChI is InChI=1S/C22H34O2/c1-21-11-9-16(23)13-15(21)5-7-17-18(21)10-12-22-14(6-8-19(17)22)3-2-4-20(22)24/h14-19,23H,2-13H2,1H3/t14-,15+,16+,17+,18-,19-,21-,22?/m0/s1. The zero-order valence-corrected chi connectivity index (χ0v) is 15.3. The maximum Gasteiger partial charge on any atom is 0.139 e. The van der Waals surface area contributed by atoms with Gasteiger partial charge in [-0.3, -0.25) is 4.79 Å². The van der Waals surface area contributed by atoms with E-state index in [1.807, 2.05) is 0 Å². The molecule has 0 saturated heterocycles. The maximum atomic E-state index is 13.1. The number of hydrogen-bond donors (Lipinski definition) is 1. The third-order valence-electron chi connectivity index (χ3n) is 9.80. The average Bonchev–Trinajstić information content (AvgIpc) is 2.97. The van der Waals surface area contributed by atoms with Crippen LogP contribution in [0.5, 0.6) is 0 Å². The number of aliphatic hydroxyl groups excluding tert-OH is 1. The van der Waals surface area contributed by atoms with Crippen LogP contribution in [0.15, 0.2) is 0 Å². The van der Waals surface area contributed by atoms with Crippen LogP contribution >= 0.6 is 0 Å². The summed E-state index contributed by atoms with van der Waals surface area (Å²) in [6.45, 7) is 2.55. The summed E-state index contributed by atoms with van der Waals surface area (Å²) < 4.78 is 0. The summed E-state index contributed by atoms with van der Waals surface area (Å²) in [5, 5.41) is 10.2. The van der Waals surface area contributed by atoms with Crippen molar-refractivity contribution in [2.75, 3.05) is 0 Å². The van der Waals surface area contributed by atoms with Crippen LogP contribution in [-0.2, 0) is 4.79 Å². The summed E-state index contributed by atoms with van der Waals surface area (Å²) in [5.41, 5.74) is 0.552. The molecule has 0 aliphatic heterocycles. The first-order valence-corrected chi connectivity index (χ1v) is 10.8. The van der Waals surface area contributed by atoms with Gasteiger partial charge in [0.1, 0.15) is 5.78 Å². The van der Waals surface area contributed by atoms with Crippen molar-refractivity contribution in [2.45, 2.75) is 90.1 Å². The lowest BCUT2D eigenvalue weighted by Gasteiger charge is -2.61. The van der Waals surface area contributed by atoms with Gasteiger partial charge in [-0.2, -0.15) is 0 Å². The average molecular weight is 331 g/mol. The van der Waals surface area contributed by atoms with Gasteiger partial charge in [-0.25, -0.2) is 0 Å². The third kappa shape index (κ3) is 1.90. The lowest BCUT2D eigenvalue weighted by Crippen LogP contribution is -2.57. The summed E-state index contributed by atoms with van der Waals surface area (Å²) in [7, 11) is 0. The van der Waals surface area contributed by atoms with Gasteiger partial charge in [-0.1, -0.05) is 6.92 Å². The summed E-state index contributed by atoms with van der Waals surface area (Å²) in [5.74, 6) is 4.46. The van der Waals surface area contributed by atoms with Crippen molar-refractivity contribution in [1.82, 2.24) is 0 Å². The first-order chi connectivity index (χ1) is 11.6. The normalized spacial score (nSPS) is 56.8. The van der Waals surface area contributed by atoms with E-state index in [9.17, 15) is 9.90 Å². The molecule has 134 valence electrons. The summed E-state index contributed by atoms with van der Waals surface area (Å²) >= 11 is 0. The number of carbonyl (C=O) groups excluding carboxylic acids is 1. The van der Waals surface area contributed by atoms with Crippen LogP contribution in [0.1, 0.15) is 84.0 Å². The quantitative estimate of drug-likeness (QED) is 0.696. The summed E-state index contributed by atoms with van der Waals surface area (Å²) in [6.07, 6.45) is 14.4. The van der Waals surface area contributed by atoms with Gasteiger partial charge in [0.25, 0.3) is 0 Å². The molecule has 2 nitrogen and oxygen atoms in total. The highest BCUT2D eigenvalue weighted by Crippen LogP contribution is 2.69. The van der Waals surface area contributed by atoms with E-state index in [1.165, 1.54) is 51.4 Å². The van der Waals surface area contributed by atoms with Crippen LogP contribution in [0.25, 0.3) is 0 Å². The number of rotatable bonds is 0. The molecule has 5 aliphatic carbocycles. The zero-order chi connectivity index (χ0) is 16.5. The van der Waals surface area contributed by atoms with Crippen LogP contribution in [-0.4, -0.2) is 17.0 Å². The van der Waals surface area contributed by atoms with Crippen LogP contribution in [0.3, 0.4) is 0 Å². The van der Waals surface area contributed by atoms with Crippen LogP contribution in [0.2, 0.25) is 0 Å². The fraction of sp³-hybridized carbons (Fsp3) is 0.955. The third-order valence-corrected chi connectivity index (χ3v) is 9.80.